The van der Waals surface area contributed by atoms with Gasteiger partial charge < -0.3 is 15.8 Å². The molecule has 2 aromatic rings. The fourth-order valence-corrected chi connectivity index (χ4v) is 3.32. The summed E-state index contributed by atoms with van der Waals surface area (Å²) < 4.78 is 6.54. The van der Waals surface area contributed by atoms with Crippen LogP contribution in [0.25, 0.3) is 0 Å². The average molecular weight is 389 g/mol. The Bertz CT molecular complexity index is 692. The van der Waals surface area contributed by atoms with Crippen molar-refractivity contribution >= 4 is 21.8 Å². The molecule has 0 radical (unpaired) electrons. The smallest absolute Gasteiger partial charge is 0.251 e. The number of amides is 1. The summed E-state index contributed by atoms with van der Waals surface area (Å²) in [5, 5.41) is 3.26. The van der Waals surface area contributed by atoms with E-state index in [0.29, 0.717) is 25.3 Å². The normalized spacial score (nSPS) is 16.6. The average Bonchev–Trinajstić information content (AvgIpc) is 2.63. The minimum Gasteiger partial charge on any atom is -0.381 e. The molecule has 1 aliphatic heterocycles. The van der Waals surface area contributed by atoms with Crippen molar-refractivity contribution in [3.05, 3.63) is 69.7 Å². The van der Waals surface area contributed by atoms with Gasteiger partial charge in [0.1, 0.15) is 0 Å². The van der Waals surface area contributed by atoms with Crippen molar-refractivity contribution in [1.29, 1.82) is 0 Å². The van der Waals surface area contributed by atoms with Gasteiger partial charge in [-0.3, -0.25) is 4.79 Å². The first kappa shape index (κ1) is 17.1. The van der Waals surface area contributed by atoms with Gasteiger partial charge in [0.25, 0.3) is 5.91 Å². The molecule has 0 unspecified atom stereocenters. The molecule has 1 saturated heterocycles. The fourth-order valence-electron chi connectivity index (χ4n) is 3.06. The minimum atomic E-state index is -0.386. The van der Waals surface area contributed by atoms with E-state index in [1.165, 1.54) is 0 Å². The zero-order valence-corrected chi connectivity index (χ0v) is 15.0. The van der Waals surface area contributed by atoms with Gasteiger partial charge in [0.2, 0.25) is 0 Å². The lowest BCUT2D eigenvalue weighted by molar-refractivity contribution is 0.0345. The highest BCUT2D eigenvalue weighted by Gasteiger charge is 2.36. The minimum absolute atomic E-state index is 0.0663. The van der Waals surface area contributed by atoms with Crippen LogP contribution in [0.1, 0.15) is 34.3 Å². The van der Waals surface area contributed by atoms with Gasteiger partial charge in [0.15, 0.2) is 0 Å². The van der Waals surface area contributed by atoms with Crippen LogP contribution in [0.15, 0.2) is 53.0 Å². The van der Waals surface area contributed by atoms with Gasteiger partial charge in [-0.25, -0.2) is 0 Å². The molecule has 0 aliphatic carbocycles. The van der Waals surface area contributed by atoms with E-state index in [2.05, 4.69) is 33.4 Å². The van der Waals surface area contributed by atoms with E-state index in [1.807, 2.05) is 36.4 Å². The van der Waals surface area contributed by atoms with Gasteiger partial charge in [0.05, 0.1) is 5.54 Å². The molecule has 0 spiro atoms. The van der Waals surface area contributed by atoms with Gasteiger partial charge >= 0.3 is 0 Å². The van der Waals surface area contributed by atoms with Gasteiger partial charge in [-0.1, -0.05) is 40.2 Å². The van der Waals surface area contributed by atoms with E-state index in [9.17, 15) is 4.79 Å². The van der Waals surface area contributed by atoms with Crippen LogP contribution in [0.4, 0.5) is 0 Å². The molecular weight excluding hydrogens is 368 g/mol. The van der Waals surface area contributed by atoms with Gasteiger partial charge in [-0.15, -0.1) is 0 Å². The maximum atomic E-state index is 12.8. The highest BCUT2D eigenvalue weighted by molar-refractivity contribution is 9.10. The first-order chi connectivity index (χ1) is 11.6. The van der Waals surface area contributed by atoms with Crippen molar-refractivity contribution in [2.45, 2.75) is 24.9 Å². The van der Waals surface area contributed by atoms with E-state index >= 15 is 0 Å². The maximum Gasteiger partial charge on any atom is 0.251 e. The SMILES string of the molecule is NCc1ccc(C(=O)NC2(c3ccc(Br)cc3)CCOCC2)cc1. The molecular formula is C19H21BrN2O2. The standard InChI is InChI=1S/C19H21BrN2O2/c20-17-7-5-16(6-8-17)19(9-11-24-12-10-19)22-18(23)15-3-1-14(13-21)2-4-15/h1-8H,9-13,21H2,(H,22,23). The largest absolute Gasteiger partial charge is 0.381 e. The molecule has 3 rings (SSSR count). The van der Waals surface area contributed by atoms with Crippen LogP contribution in [0.5, 0.6) is 0 Å². The Hall–Kier alpha value is -1.69. The Morgan fingerprint density at radius 3 is 2.29 bits per heavy atom. The lowest BCUT2D eigenvalue weighted by atomic mass is 9.82. The third kappa shape index (κ3) is 3.69. The molecule has 3 N–H and O–H groups in total. The van der Waals surface area contributed by atoms with Gasteiger partial charge in [-0.2, -0.15) is 0 Å². The van der Waals surface area contributed by atoms with Gasteiger partial charge in [-0.05, 0) is 48.2 Å². The van der Waals surface area contributed by atoms with Crippen molar-refractivity contribution in [3.63, 3.8) is 0 Å². The summed E-state index contributed by atoms with van der Waals surface area (Å²) in [4.78, 5) is 12.8. The van der Waals surface area contributed by atoms with E-state index < -0.39 is 0 Å². The number of benzene rings is 2. The summed E-state index contributed by atoms with van der Waals surface area (Å²) in [6, 6.07) is 15.6. The highest BCUT2D eigenvalue weighted by Crippen LogP contribution is 2.33. The number of hydrogen-bond acceptors (Lipinski definition) is 3. The number of ether oxygens (including phenoxy) is 1. The van der Waals surface area contributed by atoms with Crippen LogP contribution in [-0.2, 0) is 16.8 Å². The van der Waals surface area contributed by atoms with Crippen LogP contribution < -0.4 is 11.1 Å². The van der Waals surface area contributed by atoms with Crippen molar-refractivity contribution in [3.8, 4) is 0 Å². The molecule has 1 heterocycles. The summed E-state index contributed by atoms with van der Waals surface area (Å²) in [5.41, 5.74) is 8.00. The molecule has 1 amide bonds. The zero-order valence-electron chi connectivity index (χ0n) is 13.4. The summed E-state index contributed by atoms with van der Waals surface area (Å²) in [5.74, 6) is -0.0663. The van der Waals surface area contributed by atoms with Crippen LogP contribution >= 0.6 is 15.9 Å². The highest BCUT2D eigenvalue weighted by atomic mass is 79.9. The monoisotopic (exact) mass is 388 g/mol. The van der Waals surface area contributed by atoms with Crippen LogP contribution in [0.2, 0.25) is 0 Å². The van der Waals surface area contributed by atoms with Crippen molar-refractivity contribution in [1.82, 2.24) is 5.32 Å². The molecule has 5 heteroatoms. The first-order valence-corrected chi connectivity index (χ1v) is 8.88. The van der Waals surface area contributed by atoms with Crippen LogP contribution in [0.3, 0.4) is 0 Å². The van der Waals surface area contributed by atoms with Crippen molar-refractivity contribution < 1.29 is 9.53 Å². The summed E-state index contributed by atoms with van der Waals surface area (Å²) in [7, 11) is 0. The van der Waals surface area contributed by atoms with E-state index in [1.54, 1.807) is 0 Å². The fraction of sp³-hybridized carbons (Fsp3) is 0.316. The lowest BCUT2D eigenvalue weighted by Gasteiger charge is -2.38. The van der Waals surface area contributed by atoms with Crippen LogP contribution in [-0.4, -0.2) is 19.1 Å². The number of halogens is 1. The molecule has 0 saturated carbocycles. The van der Waals surface area contributed by atoms with E-state index in [4.69, 9.17) is 10.5 Å². The Balaban J connectivity index is 1.86. The second-order valence-electron chi connectivity index (χ2n) is 6.06. The van der Waals surface area contributed by atoms with E-state index in [0.717, 1.165) is 28.4 Å². The predicted octanol–water partition coefficient (Wildman–Crippen LogP) is 3.34. The Labute approximate surface area is 150 Å². The summed E-state index contributed by atoms with van der Waals surface area (Å²) >= 11 is 3.47. The Morgan fingerprint density at radius 1 is 1.08 bits per heavy atom. The number of carbonyl (C=O) groups excluding carboxylic acids is 1. The number of hydrogen-bond donors (Lipinski definition) is 2. The number of nitrogens with two attached hydrogens (primary N) is 1. The third-order valence-electron chi connectivity index (χ3n) is 4.55. The molecule has 0 aromatic heterocycles. The maximum absolute atomic E-state index is 12.8. The molecule has 0 atom stereocenters. The molecule has 4 nitrogen and oxygen atoms in total. The number of nitrogens with one attached hydrogen (secondary N) is 1. The molecule has 2 aromatic carbocycles. The first-order valence-electron chi connectivity index (χ1n) is 8.08. The third-order valence-corrected chi connectivity index (χ3v) is 5.08. The topological polar surface area (TPSA) is 64.4 Å². The molecule has 1 fully saturated rings. The van der Waals surface area contributed by atoms with Crippen molar-refractivity contribution in [2.75, 3.05) is 13.2 Å². The predicted molar refractivity (Wildman–Crippen MR) is 97.7 cm³/mol. The second-order valence-corrected chi connectivity index (χ2v) is 6.97. The quantitative estimate of drug-likeness (QED) is 0.843. The molecule has 126 valence electrons. The number of rotatable bonds is 4. The molecule has 24 heavy (non-hydrogen) atoms. The zero-order chi connectivity index (χ0) is 17.0. The Morgan fingerprint density at radius 2 is 1.71 bits per heavy atom. The summed E-state index contributed by atoms with van der Waals surface area (Å²) in [6.45, 7) is 1.76. The van der Waals surface area contributed by atoms with E-state index in [-0.39, 0.29) is 11.4 Å². The van der Waals surface area contributed by atoms with Crippen molar-refractivity contribution in [2.24, 2.45) is 5.73 Å². The van der Waals surface area contributed by atoms with Crippen LogP contribution in [0, 0.1) is 0 Å². The second kappa shape index (κ2) is 7.47. The molecule has 0 bridgehead atoms. The summed E-state index contributed by atoms with van der Waals surface area (Å²) in [6.07, 6.45) is 1.53. The lowest BCUT2D eigenvalue weighted by Crippen LogP contribution is -2.49. The Kier molecular flexibility index (Phi) is 5.33. The number of carbonyl (C=O) groups is 1. The molecule has 1 aliphatic rings. The van der Waals surface area contributed by atoms with Gasteiger partial charge in [0, 0.05) is 29.8 Å².